The third-order valence-electron chi connectivity index (χ3n) is 3.42. The summed E-state index contributed by atoms with van der Waals surface area (Å²) in [5, 5.41) is 4.01. The minimum Gasteiger partial charge on any atom is -0.326 e. The minimum atomic E-state index is -0.0490. The maximum absolute atomic E-state index is 12.1. The normalized spacial score (nSPS) is 10.5. The molecule has 0 aliphatic rings. The highest BCUT2D eigenvalue weighted by Gasteiger charge is 2.07. The van der Waals surface area contributed by atoms with Gasteiger partial charge in [0.25, 0.3) is 0 Å². The first-order valence-electron chi connectivity index (χ1n) is 6.92. The number of carbonyl (C=O) groups is 1. The van der Waals surface area contributed by atoms with Crippen molar-refractivity contribution in [3.05, 3.63) is 71.9 Å². The Morgan fingerprint density at radius 1 is 1.00 bits per heavy atom. The number of aryl methyl sites for hydroxylation is 1. The van der Waals surface area contributed by atoms with Crippen LogP contribution in [0, 0.1) is 6.92 Å². The van der Waals surface area contributed by atoms with Crippen molar-refractivity contribution in [1.29, 1.82) is 0 Å². The van der Waals surface area contributed by atoms with Crippen LogP contribution in [0.25, 0.3) is 10.9 Å². The van der Waals surface area contributed by atoms with Crippen LogP contribution in [0.5, 0.6) is 0 Å². The first-order chi connectivity index (χ1) is 10.2. The SMILES string of the molecule is Cc1ccccc1NC(=O)Cc1ccc2ccccc2n1. The Morgan fingerprint density at radius 2 is 1.76 bits per heavy atom. The highest BCUT2D eigenvalue weighted by atomic mass is 16.1. The van der Waals surface area contributed by atoms with Gasteiger partial charge in [-0.1, -0.05) is 42.5 Å². The van der Waals surface area contributed by atoms with Gasteiger partial charge in [-0.3, -0.25) is 9.78 Å². The molecule has 0 unspecified atom stereocenters. The summed E-state index contributed by atoms with van der Waals surface area (Å²) in [6.45, 7) is 1.98. The fraction of sp³-hybridized carbons (Fsp3) is 0.111. The molecule has 3 heteroatoms. The van der Waals surface area contributed by atoms with Gasteiger partial charge in [0.15, 0.2) is 0 Å². The molecule has 1 heterocycles. The summed E-state index contributed by atoms with van der Waals surface area (Å²) in [7, 11) is 0. The minimum absolute atomic E-state index is 0.0490. The number of anilines is 1. The lowest BCUT2D eigenvalue weighted by molar-refractivity contribution is -0.115. The van der Waals surface area contributed by atoms with Crippen LogP contribution in [0.1, 0.15) is 11.3 Å². The molecule has 0 aliphatic heterocycles. The van der Waals surface area contributed by atoms with Crippen LogP contribution in [0.15, 0.2) is 60.7 Å². The summed E-state index contributed by atoms with van der Waals surface area (Å²) in [4.78, 5) is 16.6. The number of fused-ring (bicyclic) bond motifs is 1. The second-order valence-corrected chi connectivity index (χ2v) is 5.04. The lowest BCUT2D eigenvalue weighted by atomic mass is 10.1. The molecule has 0 atom stereocenters. The van der Waals surface area contributed by atoms with Crippen molar-refractivity contribution in [1.82, 2.24) is 4.98 Å². The summed E-state index contributed by atoms with van der Waals surface area (Å²) in [5.41, 5.74) is 3.60. The van der Waals surface area contributed by atoms with E-state index in [2.05, 4.69) is 10.3 Å². The van der Waals surface area contributed by atoms with Crippen molar-refractivity contribution in [3.63, 3.8) is 0 Å². The van der Waals surface area contributed by atoms with Crippen molar-refractivity contribution in [2.45, 2.75) is 13.3 Å². The van der Waals surface area contributed by atoms with Crippen LogP contribution >= 0.6 is 0 Å². The number of pyridine rings is 1. The summed E-state index contributed by atoms with van der Waals surface area (Å²) in [6.07, 6.45) is 0.277. The fourth-order valence-electron chi connectivity index (χ4n) is 2.28. The average Bonchev–Trinajstić information content (AvgIpc) is 2.49. The molecule has 2 aromatic carbocycles. The van der Waals surface area contributed by atoms with Gasteiger partial charge in [-0.2, -0.15) is 0 Å². The second-order valence-electron chi connectivity index (χ2n) is 5.04. The summed E-state index contributed by atoms with van der Waals surface area (Å²) >= 11 is 0. The molecule has 1 amide bonds. The van der Waals surface area contributed by atoms with E-state index in [1.165, 1.54) is 0 Å². The van der Waals surface area contributed by atoms with Crippen LogP contribution < -0.4 is 5.32 Å². The van der Waals surface area contributed by atoms with Gasteiger partial charge in [-0.15, -0.1) is 0 Å². The summed E-state index contributed by atoms with van der Waals surface area (Å²) in [5.74, 6) is -0.0490. The standard InChI is InChI=1S/C18H16N2O/c1-13-6-2-4-8-16(13)20-18(21)12-15-11-10-14-7-3-5-9-17(14)19-15/h2-11H,12H2,1H3,(H,20,21). The van der Waals surface area contributed by atoms with E-state index in [-0.39, 0.29) is 12.3 Å². The first-order valence-corrected chi connectivity index (χ1v) is 6.92. The number of hydrogen-bond donors (Lipinski definition) is 1. The third-order valence-corrected chi connectivity index (χ3v) is 3.42. The van der Waals surface area contributed by atoms with E-state index < -0.39 is 0 Å². The monoisotopic (exact) mass is 276 g/mol. The maximum atomic E-state index is 12.1. The van der Waals surface area contributed by atoms with Gasteiger partial charge in [0.05, 0.1) is 17.6 Å². The number of para-hydroxylation sites is 2. The van der Waals surface area contributed by atoms with E-state index >= 15 is 0 Å². The Kier molecular flexibility index (Phi) is 3.65. The smallest absolute Gasteiger partial charge is 0.230 e. The molecule has 0 bridgehead atoms. The largest absolute Gasteiger partial charge is 0.326 e. The number of benzene rings is 2. The van der Waals surface area contributed by atoms with Crippen LogP contribution in [-0.4, -0.2) is 10.9 Å². The number of nitrogens with one attached hydrogen (secondary N) is 1. The summed E-state index contributed by atoms with van der Waals surface area (Å²) in [6, 6.07) is 19.6. The van der Waals surface area contributed by atoms with Gasteiger partial charge in [0.2, 0.25) is 5.91 Å². The molecule has 0 radical (unpaired) electrons. The third kappa shape index (κ3) is 3.08. The maximum Gasteiger partial charge on any atom is 0.230 e. The molecule has 0 fully saturated rings. The lowest BCUT2D eigenvalue weighted by Gasteiger charge is -2.08. The van der Waals surface area contributed by atoms with E-state index in [0.717, 1.165) is 27.8 Å². The molecular weight excluding hydrogens is 260 g/mol. The molecule has 1 N–H and O–H groups in total. The predicted molar refractivity (Wildman–Crippen MR) is 85.3 cm³/mol. The van der Waals surface area contributed by atoms with Crippen LogP contribution in [0.2, 0.25) is 0 Å². The van der Waals surface area contributed by atoms with Crippen molar-refractivity contribution >= 4 is 22.5 Å². The zero-order valence-electron chi connectivity index (χ0n) is 11.8. The van der Waals surface area contributed by atoms with Crippen LogP contribution in [0.4, 0.5) is 5.69 Å². The van der Waals surface area contributed by atoms with Gasteiger partial charge >= 0.3 is 0 Å². The molecule has 1 aromatic heterocycles. The molecular formula is C18H16N2O. The number of amides is 1. The number of rotatable bonds is 3. The van der Waals surface area contributed by atoms with Gasteiger partial charge < -0.3 is 5.32 Å². The van der Waals surface area contributed by atoms with Gasteiger partial charge in [0, 0.05) is 11.1 Å². The van der Waals surface area contributed by atoms with E-state index in [9.17, 15) is 4.79 Å². The topological polar surface area (TPSA) is 42.0 Å². The Balaban J connectivity index is 1.75. The molecule has 104 valence electrons. The van der Waals surface area contributed by atoms with Crippen molar-refractivity contribution in [3.8, 4) is 0 Å². The number of nitrogens with zero attached hydrogens (tertiary/aromatic N) is 1. The van der Waals surface area contributed by atoms with Crippen molar-refractivity contribution in [2.75, 3.05) is 5.32 Å². The molecule has 21 heavy (non-hydrogen) atoms. The number of aromatic nitrogens is 1. The Labute approximate surface area is 123 Å². The molecule has 3 rings (SSSR count). The molecule has 3 nitrogen and oxygen atoms in total. The Morgan fingerprint density at radius 3 is 2.62 bits per heavy atom. The highest BCUT2D eigenvalue weighted by molar-refractivity contribution is 5.93. The fourth-order valence-corrected chi connectivity index (χ4v) is 2.28. The second kappa shape index (κ2) is 5.75. The molecule has 0 saturated carbocycles. The van der Waals surface area contributed by atoms with E-state index in [0.29, 0.717) is 0 Å². The van der Waals surface area contributed by atoms with E-state index in [1.807, 2.05) is 67.6 Å². The zero-order valence-corrected chi connectivity index (χ0v) is 11.8. The van der Waals surface area contributed by atoms with Crippen LogP contribution in [0.3, 0.4) is 0 Å². The molecule has 0 saturated heterocycles. The Hall–Kier alpha value is -2.68. The van der Waals surface area contributed by atoms with E-state index in [4.69, 9.17) is 0 Å². The van der Waals surface area contributed by atoms with Crippen molar-refractivity contribution in [2.24, 2.45) is 0 Å². The van der Waals surface area contributed by atoms with Gasteiger partial charge in [-0.25, -0.2) is 0 Å². The molecule has 0 spiro atoms. The van der Waals surface area contributed by atoms with Crippen molar-refractivity contribution < 1.29 is 4.79 Å². The number of hydrogen-bond acceptors (Lipinski definition) is 2. The number of carbonyl (C=O) groups excluding carboxylic acids is 1. The van der Waals surface area contributed by atoms with Gasteiger partial charge in [0.1, 0.15) is 0 Å². The lowest BCUT2D eigenvalue weighted by Crippen LogP contribution is -2.15. The zero-order chi connectivity index (χ0) is 14.7. The van der Waals surface area contributed by atoms with E-state index in [1.54, 1.807) is 0 Å². The van der Waals surface area contributed by atoms with Crippen LogP contribution in [-0.2, 0) is 11.2 Å². The first kappa shape index (κ1) is 13.3. The molecule has 3 aromatic rings. The highest BCUT2D eigenvalue weighted by Crippen LogP contribution is 2.15. The predicted octanol–water partition coefficient (Wildman–Crippen LogP) is 3.72. The van der Waals surface area contributed by atoms with Gasteiger partial charge in [-0.05, 0) is 30.7 Å². The summed E-state index contributed by atoms with van der Waals surface area (Å²) < 4.78 is 0. The average molecular weight is 276 g/mol. The quantitative estimate of drug-likeness (QED) is 0.792. The molecule has 0 aliphatic carbocycles. The Bertz CT molecular complexity index is 796.